The molecule has 1 aromatic rings. The van der Waals surface area contributed by atoms with E-state index in [1.165, 1.54) is 7.05 Å². The van der Waals surface area contributed by atoms with Crippen LogP contribution < -0.4 is 10.2 Å². The number of ether oxygens (including phenoxy) is 2. The lowest BCUT2D eigenvalue weighted by atomic mass is 10.1. The number of halogens is 3. The van der Waals surface area contributed by atoms with Crippen molar-refractivity contribution in [1.29, 1.82) is 0 Å². The summed E-state index contributed by atoms with van der Waals surface area (Å²) in [5.74, 6) is -4.09. The fourth-order valence-corrected chi connectivity index (χ4v) is 3.02. The van der Waals surface area contributed by atoms with Crippen molar-refractivity contribution in [3.05, 3.63) is 28.8 Å². The Kier molecular flexibility index (Phi) is 4.01. The number of hydrogen-bond acceptors (Lipinski definition) is 4. The SMILES string of the molecule is CN(C(=O)[C@H]1NC(=O)[C@H]2OC(C)(C)O[C@@H]12)c1ccc(F)c(Cl)c1F. The number of benzene rings is 1. The number of nitrogens with zero attached hydrogens (tertiary/aromatic N) is 1. The molecule has 24 heavy (non-hydrogen) atoms. The largest absolute Gasteiger partial charge is 0.341 e. The summed E-state index contributed by atoms with van der Waals surface area (Å²) in [4.78, 5) is 25.6. The molecule has 2 heterocycles. The number of fused-ring (bicyclic) bond motifs is 1. The maximum absolute atomic E-state index is 14.1. The molecule has 0 spiro atoms. The second-order valence-electron chi connectivity index (χ2n) is 6.10. The van der Waals surface area contributed by atoms with Crippen molar-refractivity contribution in [1.82, 2.24) is 5.32 Å². The van der Waals surface area contributed by atoms with Crippen LogP contribution in [0.4, 0.5) is 14.5 Å². The standard InChI is InChI=1S/C15H15ClF2N2O4/c1-15(2)23-11-10(19-13(21)12(11)24-15)14(22)20(3)7-5-4-6(17)8(16)9(7)18/h4-5,10-12H,1-3H3,(H,19,21)/t10-,11-,12-/m0/s1. The fraction of sp³-hybridized carbons (Fsp3) is 0.467. The predicted molar refractivity (Wildman–Crippen MR) is 80.5 cm³/mol. The molecule has 0 unspecified atom stereocenters. The summed E-state index contributed by atoms with van der Waals surface area (Å²) in [5.41, 5.74) is -0.206. The van der Waals surface area contributed by atoms with Crippen LogP contribution in [0, 0.1) is 11.6 Å². The lowest BCUT2D eigenvalue weighted by Gasteiger charge is -2.26. The maximum atomic E-state index is 14.1. The Morgan fingerprint density at radius 3 is 2.67 bits per heavy atom. The first kappa shape index (κ1) is 17.1. The molecule has 0 aliphatic carbocycles. The molecule has 1 aromatic carbocycles. The van der Waals surface area contributed by atoms with Crippen LogP contribution in [0.3, 0.4) is 0 Å². The van der Waals surface area contributed by atoms with Crippen LogP contribution in [0.2, 0.25) is 5.02 Å². The van der Waals surface area contributed by atoms with Crippen LogP contribution in [0.5, 0.6) is 0 Å². The number of rotatable bonds is 2. The number of likely N-dealkylation sites (N-methyl/N-ethyl adjacent to an activating group) is 1. The van der Waals surface area contributed by atoms with E-state index in [0.717, 1.165) is 17.0 Å². The zero-order valence-electron chi connectivity index (χ0n) is 13.1. The normalized spacial score (nSPS) is 27.8. The van der Waals surface area contributed by atoms with Gasteiger partial charge in [-0.05, 0) is 26.0 Å². The molecular weight excluding hydrogens is 346 g/mol. The van der Waals surface area contributed by atoms with Gasteiger partial charge in [-0.15, -0.1) is 0 Å². The van der Waals surface area contributed by atoms with E-state index in [4.69, 9.17) is 21.1 Å². The molecule has 1 N–H and O–H groups in total. The van der Waals surface area contributed by atoms with Crippen LogP contribution in [-0.2, 0) is 19.1 Å². The third-order valence-electron chi connectivity index (χ3n) is 3.99. The van der Waals surface area contributed by atoms with Crippen LogP contribution >= 0.6 is 11.6 Å². The van der Waals surface area contributed by atoms with Crippen LogP contribution in [0.25, 0.3) is 0 Å². The Hall–Kier alpha value is -1.77. The van der Waals surface area contributed by atoms with Crippen molar-refractivity contribution in [3.8, 4) is 0 Å². The number of anilines is 1. The molecule has 2 aliphatic rings. The highest BCUT2D eigenvalue weighted by Gasteiger charge is 2.56. The van der Waals surface area contributed by atoms with E-state index in [1.54, 1.807) is 13.8 Å². The minimum atomic E-state index is -1.06. The summed E-state index contributed by atoms with van der Waals surface area (Å²) in [6.07, 6.45) is -1.74. The summed E-state index contributed by atoms with van der Waals surface area (Å²) in [7, 11) is 1.30. The lowest BCUT2D eigenvalue weighted by Crippen LogP contribution is -2.49. The third-order valence-corrected chi connectivity index (χ3v) is 4.33. The van der Waals surface area contributed by atoms with Gasteiger partial charge < -0.3 is 19.7 Å². The summed E-state index contributed by atoms with van der Waals surface area (Å²) in [6.45, 7) is 3.26. The number of carbonyl (C=O) groups is 2. The molecule has 3 atom stereocenters. The van der Waals surface area contributed by atoms with Gasteiger partial charge in [0.05, 0.1) is 5.69 Å². The molecular formula is C15H15ClF2N2O4. The fourth-order valence-electron chi connectivity index (χ4n) is 2.86. The first-order valence-corrected chi connectivity index (χ1v) is 7.57. The molecule has 2 fully saturated rings. The maximum Gasteiger partial charge on any atom is 0.252 e. The van der Waals surface area contributed by atoms with Gasteiger partial charge in [0.2, 0.25) is 0 Å². The lowest BCUT2D eigenvalue weighted by molar-refractivity contribution is -0.164. The van der Waals surface area contributed by atoms with Gasteiger partial charge in [0.1, 0.15) is 23.0 Å². The van der Waals surface area contributed by atoms with Gasteiger partial charge in [0, 0.05) is 7.05 Å². The smallest absolute Gasteiger partial charge is 0.252 e. The number of nitrogens with one attached hydrogen (secondary N) is 1. The van der Waals surface area contributed by atoms with Gasteiger partial charge >= 0.3 is 0 Å². The van der Waals surface area contributed by atoms with Crippen LogP contribution in [0.15, 0.2) is 12.1 Å². The topological polar surface area (TPSA) is 67.9 Å². The number of hydrogen-bond donors (Lipinski definition) is 1. The Bertz CT molecular complexity index is 728. The summed E-state index contributed by atoms with van der Waals surface area (Å²) in [5, 5.41) is 1.77. The highest BCUT2D eigenvalue weighted by atomic mass is 35.5. The quantitative estimate of drug-likeness (QED) is 0.813. The van der Waals surface area contributed by atoms with Gasteiger partial charge in [-0.25, -0.2) is 8.78 Å². The predicted octanol–water partition coefficient (Wildman–Crippen LogP) is 1.60. The van der Waals surface area contributed by atoms with E-state index in [1.807, 2.05) is 0 Å². The summed E-state index contributed by atoms with van der Waals surface area (Å²) < 4.78 is 38.5. The molecule has 9 heteroatoms. The minimum absolute atomic E-state index is 0.206. The Balaban J connectivity index is 1.87. The van der Waals surface area contributed by atoms with E-state index in [9.17, 15) is 18.4 Å². The summed E-state index contributed by atoms with van der Waals surface area (Å²) in [6, 6.07) is 1.01. The van der Waals surface area contributed by atoms with Crippen LogP contribution in [0.1, 0.15) is 13.8 Å². The van der Waals surface area contributed by atoms with E-state index in [0.29, 0.717) is 0 Å². The molecule has 0 radical (unpaired) electrons. The van der Waals surface area contributed by atoms with Gasteiger partial charge in [0.25, 0.3) is 11.8 Å². The van der Waals surface area contributed by atoms with Gasteiger partial charge in [-0.1, -0.05) is 11.6 Å². The van der Waals surface area contributed by atoms with Crippen molar-refractivity contribution < 1.29 is 27.8 Å². The van der Waals surface area contributed by atoms with Gasteiger partial charge in [-0.2, -0.15) is 0 Å². The van der Waals surface area contributed by atoms with E-state index in [2.05, 4.69) is 5.32 Å². The third kappa shape index (κ3) is 2.64. The first-order chi connectivity index (χ1) is 11.1. The van der Waals surface area contributed by atoms with Crippen molar-refractivity contribution in [2.45, 2.75) is 37.9 Å². The Morgan fingerprint density at radius 1 is 1.33 bits per heavy atom. The molecule has 0 aromatic heterocycles. The van der Waals surface area contributed by atoms with Crippen molar-refractivity contribution >= 4 is 29.1 Å². The van der Waals surface area contributed by atoms with Gasteiger partial charge in [0.15, 0.2) is 17.7 Å². The van der Waals surface area contributed by atoms with E-state index < -0.39 is 52.5 Å². The van der Waals surface area contributed by atoms with Crippen molar-refractivity contribution in [2.24, 2.45) is 0 Å². The average molecular weight is 361 g/mol. The second kappa shape index (κ2) is 5.65. The highest BCUT2D eigenvalue weighted by Crippen LogP contribution is 2.35. The van der Waals surface area contributed by atoms with E-state index in [-0.39, 0.29) is 5.69 Å². The Labute approximate surface area is 141 Å². The summed E-state index contributed by atoms with van der Waals surface area (Å²) >= 11 is 5.54. The number of amides is 2. The van der Waals surface area contributed by atoms with Crippen molar-refractivity contribution in [2.75, 3.05) is 11.9 Å². The van der Waals surface area contributed by atoms with E-state index >= 15 is 0 Å². The molecule has 3 rings (SSSR count). The van der Waals surface area contributed by atoms with Crippen molar-refractivity contribution in [3.63, 3.8) is 0 Å². The number of carbonyl (C=O) groups excluding carboxylic acids is 2. The molecule has 2 amide bonds. The van der Waals surface area contributed by atoms with Crippen LogP contribution in [-0.4, -0.2) is 42.9 Å². The first-order valence-electron chi connectivity index (χ1n) is 7.19. The zero-order valence-corrected chi connectivity index (χ0v) is 13.9. The second-order valence-corrected chi connectivity index (χ2v) is 6.48. The molecule has 0 saturated carbocycles. The molecule has 6 nitrogen and oxygen atoms in total. The minimum Gasteiger partial charge on any atom is -0.341 e. The average Bonchev–Trinajstić information content (AvgIpc) is 2.98. The molecule has 2 saturated heterocycles. The van der Waals surface area contributed by atoms with Gasteiger partial charge in [-0.3, -0.25) is 9.59 Å². The monoisotopic (exact) mass is 360 g/mol. The molecule has 0 bridgehead atoms. The molecule has 2 aliphatic heterocycles. The zero-order chi connectivity index (χ0) is 17.8. The Morgan fingerprint density at radius 2 is 2.00 bits per heavy atom. The highest BCUT2D eigenvalue weighted by molar-refractivity contribution is 6.31. The molecule has 130 valence electrons.